The maximum atomic E-state index is 6.11. The van der Waals surface area contributed by atoms with Crippen LogP contribution in [0.5, 0.6) is 0 Å². The van der Waals surface area contributed by atoms with E-state index in [9.17, 15) is 0 Å². The fourth-order valence-electron chi connectivity index (χ4n) is 2.51. The molecule has 1 unspecified atom stereocenters. The first kappa shape index (κ1) is 14.2. The van der Waals surface area contributed by atoms with Gasteiger partial charge in [0.05, 0.1) is 15.2 Å². The van der Waals surface area contributed by atoms with Crippen LogP contribution in [0.3, 0.4) is 0 Å². The first-order valence-electron chi connectivity index (χ1n) is 6.47. The maximum absolute atomic E-state index is 6.11. The minimum Gasteiger partial charge on any atom is -0.381 e. The molecule has 1 heterocycles. The van der Waals surface area contributed by atoms with Crippen LogP contribution in [0, 0.1) is 5.92 Å². The molecule has 4 heteroatoms. The summed E-state index contributed by atoms with van der Waals surface area (Å²) < 4.78 is 0.964. The summed E-state index contributed by atoms with van der Waals surface area (Å²) in [5.74, 6) is 0.743. The van der Waals surface area contributed by atoms with E-state index in [0.29, 0.717) is 6.04 Å². The Hall–Kier alpha value is -0.250. The van der Waals surface area contributed by atoms with Crippen molar-refractivity contribution in [2.24, 2.45) is 5.92 Å². The first-order chi connectivity index (χ1) is 8.58. The Balaban J connectivity index is 1.98. The zero-order valence-corrected chi connectivity index (χ0v) is 13.3. The van der Waals surface area contributed by atoms with Crippen LogP contribution >= 0.6 is 27.5 Å². The number of anilines is 1. The summed E-state index contributed by atoms with van der Waals surface area (Å²) in [5, 5.41) is 4.35. The number of nitrogens with one attached hydrogen (secondary N) is 1. The van der Waals surface area contributed by atoms with E-state index in [1.165, 1.54) is 25.9 Å². The molecular formula is C14H20BrClN2. The lowest BCUT2D eigenvalue weighted by atomic mass is 9.90. The van der Waals surface area contributed by atoms with Crippen molar-refractivity contribution in [1.82, 2.24) is 4.90 Å². The number of likely N-dealkylation sites (tertiary alicyclic amines) is 1. The molecule has 1 aliphatic heterocycles. The number of halogens is 2. The van der Waals surface area contributed by atoms with Crippen LogP contribution in [0.25, 0.3) is 0 Å². The largest absolute Gasteiger partial charge is 0.381 e. The molecule has 1 aromatic rings. The Morgan fingerprint density at radius 3 is 2.72 bits per heavy atom. The molecule has 0 bridgehead atoms. The Morgan fingerprint density at radius 1 is 1.39 bits per heavy atom. The summed E-state index contributed by atoms with van der Waals surface area (Å²) in [6.45, 7) is 4.67. The van der Waals surface area contributed by atoms with Crippen molar-refractivity contribution < 1.29 is 0 Å². The summed E-state index contributed by atoms with van der Waals surface area (Å²) in [6, 6.07) is 6.43. The Kier molecular flexibility index (Phi) is 4.93. The number of rotatable bonds is 3. The maximum Gasteiger partial charge on any atom is 0.0593 e. The highest BCUT2D eigenvalue weighted by Gasteiger charge is 2.22. The second-order valence-electron chi connectivity index (χ2n) is 5.18. The quantitative estimate of drug-likeness (QED) is 0.891. The van der Waals surface area contributed by atoms with Gasteiger partial charge in [-0.05, 0) is 73.9 Å². The third-order valence-corrected chi connectivity index (χ3v) is 5.20. The molecule has 0 aliphatic carbocycles. The van der Waals surface area contributed by atoms with Crippen molar-refractivity contribution in [3.8, 4) is 0 Å². The minimum absolute atomic E-state index is 0.480. The Labute approximate surface area is 123 Å². The van der Waals surface area contributed by atoms with E-state index in [1.54, 1.807) is 0 Å². The van der Waals surface area contributed by atoms with Gasteiger partial charge in [-0.1, -0.05) is 17.7 Å². The van der Waals surface area contributed by atoms with E-state index in [2.05, 4.69) is 46.2 Å². The number of benzene rings is 1. The molecular weight excluding hydrogens is 312 g/mol. The number of piperidine rings is 1. The van der Waals surface area contributed by atoms with E-state index in [-0.39, 0.29) is 0 Å². The summed E-state index contributed by atoms with van der Waals surface area (Å²) in [7, 11) is 2.20. The molecule has 0 aromatic heterocycles. The molecule has 100 valence electrons. The molecule has 1 N–H and O–H groups in total. The predicted octanol–water partition coefficient (Wildman–Crippen LogP) is 4.24. The normalized spacial score (nSPS) is 19.8. The van der Waals surface area contributed by atoms with Crippen LogP contribution in [-0.2, 0) is 0 Å². The van der Waals surface area contributed by atoms with Crippen molar-refractivity contribution in [2.45, 2.75) is 25.8 Å². The van der Waals surface area contributed by atoms with Gasteiger partial charge in [-0.2, -0.15) is 0 Å². The van der Waals surface area contributed by atoms with Gasteiger partial charge in [0.15, 0.2) is 0 Å². The standard InChI is InChI=1S/C14H20BrClN2/c1-10(11-6-8-18(2)9-7-11)17-13-5-3-4-12(16)14(13)15/h3-5,10-11,17H,6-9H2,1-2H3. The molecule has 0 saturated carbocycles. The lowest BCUT2D eigenvalue weighted by Gasteiger charge is -2.33. The molecule has 0 radical (unpaired) electrons. The lowest BCUT2D eigenvalue weighted by molar-refractivity contribution is 0.208. The van der Waals surface area contributed by atoms with E-state index in [0.717, 1.165) is 21.1 Å². The van der Waals surface area contributed by atoms with Crippen molar-refractivity contribution >= 4 is 33.2 Å². The van der Waals surface area contributed by atoms with Gasteiger partial charge in [0.1, 0.15) is 0 Å². The van der Waals surface area contributed by atoms with Gasteiger partial charge in [0.25, 0.3) is 0 Å². The molecule has 1 aromatic carbocycles. The average molecular weight is 332 g/mol. The first-order valence-corrected chi connectivity index (χ1v) is 7.64. The van der Waals surface area contributed by atoms with Crippen molar-refractivity contribution in [2.75, 3.05) is 25.5 Å². The Bertz CT molecular complexity index is 403. The van der Waals surface area contributed by atoms with Crippen LogP contribution in [0.4, 0.5) is 5.69 Å². The highest BCUT2D eigenvalue weighted by atomic mass is 79.9. The lowest BCUT2D eigenvalue weighted by Crippen LogP contribution is -2.37. The molecule has 2 nitrogen and oxygen atoms in total. The van der Waals surface area contributed by atoms with Gasteiger partial charge in [0, 0.05) is 6.04 Å². The van der Waals surface area contributed by atoms with E-state index in [1.807, 2.05) is 12.1 Å². The second-order valence-corrected chi connectivity index (χ2v) is 6.38. The smallest absolute Gasteiger partial charge is 0.0593 e. The fraction of sp³-hybridized carbons (Fsp3) is 0.571. The average Bonchev–Trinajstić information content (AvgIpc) is 2.36. The summed E-state index contributed by atoms with van der Waals surface area (Å²) in [5.41, 5.74) is 1.09. The van der Waals surface area contributed by atoms with Crippen LogP contribution < -0.4 is 5.32 Å². The molecule has 2 rings (SSSR count). The third-order valence-electron chi connectivity index (χ3n) is 3.81. The van der Waals surface area contributed by atoms with Gasteiger partial charge >= 0.3 is 0 Å². The number of hydrogen-bond donors (Lipinski definition) is 1. The molecule has 1 saturated heterocycles. The highest BCUT2D eigenvalue weighted by molar-refractivity contribution is 9.10. The van der Waals surface area contributed by atoms with Gasteiger partial charge < -0.3 is 10.2 Å². The van der Waals surface area contributed by atoms with Gasteiger partial charge in [-0.15, -0.1) is 0 Å². The van der Waals surface area contributed by atoms with Gasteiger partial charge in [0.2, 0.25) is 0 Å². The van der Waals surface area contributed by atoms with Gasteiger partial charge in [-0.3, -0.25) is 0 Å². The van der Waals surface area contributed by atoms with E-state index < -0.39 is 0 Å². The number of nitrogens with zero attached hydrogens (tertiary/aromatic N) is 1. The summed E-state index contributed by atoms with van der Waals surface area (Å²) in [6.07, 6.45) is 2.53. The predicted molar refractivity (Wildman–Crippen MR) is 82.5 cm³/mol. The fourth-order valence-corrected chi connectivity index (χ4v) is 3.06. The zero-order valence-electron chi connectivity index (χ0n) is 10.9. The summed E-state index contributed by atoms with van der Waals surface area (Å²) in [4.78, 5) is 2.40. The van der Waals surface area contributed by atoms with Crippen LogP contribution in [0.2, 0.25) is 5.02 Å². The molecule has 1 fully saturated rings. The minimum atomic E-state index is 0.480. The topological polar surface area (TPSA) is 15.3 Å². The SMILES string of the molecule is CC(Nc1cccc(Cl)c1Br)C1CCN(C)CC1. The molecule has 1 aliphatic rings. The summed E-state index contributed by atoms with van der Waals surface area (Å²) >= 11 is 9.65. The van der Waals surface area contributed by atoms with Crippen molar-refractivity contribution in [3.05, 3.63) is 27.7 Å². The molecule has 1 atom stereocenters. The Morgan fingerprint density at radius 2 is 2.06 bits per heavy atom. The number of hydrogen-bond acceptors (Lipinski definition) is 2. The van der Waals surface area contributed by atoms with Crippen molar-refractivity contribution in [1.29, 1.82) is 0 Å². The molecule has 0 amide bonds. The van der Waals surface area contributed by atoms with E-state index >= 15 is 0 Å². The van der Waals surface area contributed by atoms with Crippen molar-refractivity contribution in [3.63, 3.8) is 0 Å². The second kappa shape index (κ2) is 6.27. The van der Waals surface area contributed by atoms with Crippen LogP contribution in [0.15, 0.2) is 22.7 Å². The molecule has 0 spiro atoms. The highest BCUT2D eigenvalue weighted by Crippen LogP contribution is 2.32. The molecule has 18 heavy (non-hydrogen) atoms. The zero-order chi connectivity index (χ0) is 13.1. The van der Waals surface area contributed by atoms with Crippen LogP contribution in [-0.4, -0.2) is 31.1 Å². The van der Waals surface area contributed by atoms with E-state index in [4.69, 9.17) is 11.6 Å². The van der Waals surface area contributed by atoms with Crippen LogP contribution in [0.1, 0.15) is 19.8 Å². The monoisotopic (exact) mass is 330 g/mol. The van der Waals surface area contributed by atoms with Gasteiger partial charge in [-0.25, -0.2) is 0 Å². The third kappa shape index (κ3) is 3.40.